The first-order valence-electron chi connectivity index (χ1n) is 9.80. The largest absolute Gasteiger partial charge is 0.493 e. The average molecular weight is 492 g/mol. The Bertz CT molecular complexity index is 1370. The fourth-order valence-electron chi connectivity index (χ4n) is 3.32. The van der Waals surface area contributed by atoms with Crippen molar-refractivity contribution in [2.75, 3.05) is 7.11 Å². The van der Waals surface area contributed by atoms with Crippen LogP contribution in [0, 0.1) is 24.1 Å². The van der Waals surface area contributed by atoms with E-state index in [1.807, 2.05) is 31.2 Å². The zero-order valence-corrected chi connectivity index (χ0v) is 19.0. The Morgan fingerprint density at radius 1 is 1.22 bits per heavy atom. The van der Waals surface area contributed by atoms with Crippen molar-refractivity contribution in [1.82, 2.24) is 9.97 Å². The van der Waals surface area contributed by atoms with Crippen molar-refractivity contribution >= 4 is 38.6 Å². The fourth-order valence-corrected chi connectivity index (χ4v) is 3.89. The van der Waals surface area contributed by atoms with E-state index in [0.717, 1.165) is 22.2 Å². The quantitative estimate of drug-likeness (QED) is 0.315. The van der Waals surface area contributed by atoms with Crippen molar-refractivity contribution in [3.8, 4) is 17.6 Å². The van der Waals surface area contributed by atoms with Crippen LogP contribution >= 0.6 is 15.9 Å². The summed E-state index contributed by atoms with van der Waals surface area (Å²) in [7, 11) is 1.54. The highest BCUT2D eigenvalue weighted by molar-refractivity contribution is 9.10. The highest BCUT2D eigenvalue weighted by atomic mass is 79.9. The van der Waals surface area contributed by atoms with Gasteiger partial charge in [0.05, 0.1) is 28.2 Å². The van der Waals surface area contributed by atoms with E-state index < -0.39 is 0 Å². The van der Waals surface area contributed by atoms with Gasteiger partial charge in [-0.05, 0) is 82.0 Å². The summed E-state index contributed by atoms with van der Waals surface area (Å²) in [5, 5.41) is 9.73. The van der Waals surface area contributed by atoms with Crippen LogP contribution in [0.3, 0.4) is 0 Å². The van der Waals surface area contributed by atoms with Crippen molar-refractivity contribution in [2.45, 2.75) is 13.5 Å². The predicted octanol–water partition coefficient (Wildman–Crippen LogP) is 6.42. The van der Waals surface area contributed by atoms with Crippen LogP contribution in [0.4, 0.5) is 4.39 Å². The standard InChI is InChI=1S/C25H19BrFN3O2/c1-15-6-7-21-22(8-15)30-25(29-21)18(13-28)9-17-11-20(26)24(23(12-17)31-2)32-14-16-4-3-5-19(27)10-16/h3-12H,14H2,1-2H3,(H,29,30)/b18-9-. The molecule has 5 nitrogen and oxygen atoms in total. The molecule has 0 bridgehead atoms. The van der Waals surface area contributed by atoms with E-state index in [1.165, 1.54) is 19.2 Å². The van der Waals surface area contributed by atoms with Crippen LogP contribution in [0.1, 0.15) is 22.5 Å². The number of rotatable bonds is 6. The zero-order chi connectivity index (χ0) is 22.7. The number of H-pyrrole nitrogens is 1. The summed E-state index contributed by atoms with van der Waals surface area (Å²) in [4.78, 5) is 7.73. The maximum absolute atomic E-state index is 13.4. The molecule has 0 spiro atoms. The molecule has 0 fully saturated rings. The van der Waals surface area contributed by atoms with E-state index in [9.17, 15) is 9.65 Å². The first-order chi connectivity index (χ1) is 15.5. The number of imidazole rings is 1. The number of benzene rings is 3. The van der Waals surface area contributed by atoms with E-state index in [1.54, 1.807) is 24.3 Å². The van der Waals surface area contributed by atoms with Crippen molar-refractivity contribution in [1.29, 1.82) is 5.26 Å². The second-order valence-electron chi connectivity index (χ2n) is 7.23. The van der Waals surface area contributed by atoms with Gasteiger partial charge in [-0.2, -0.15) is 5.26 Å². The molecule has 7 heteroatoms. The van der Waals surface area contributed by atoms with E-state index >= 15 is 0 Å². The third-order valence-corrected chi connectivity index (χ3v) is 5.44. The smallest absolute Gasteiger partial charge is 0.175 e. The first-order valence-corrected chi connectivity index (χ1v) is 10.6. The summed E-state index contributed by atoms with van der Waals surface area (Å²) in [6.45, 7) is 2.19. The number of ether oxygens (including phenoxy) is 2. The number of fused-ring (bicyclic) bond motifs is 1. The average Bonchev–Trinajstić information content (AvgIpc) is 3.19. The molecule has 0 aliphatic heterocycles. The maximum Gasteiger partial charge on any atom is 0.175 e. The molecule has 0 amide bonds. The number of allylic oxidation sites excluding steroid dienone is 1. The summed E-state index contributed by atoms with van der Waals surface area (Å²) in [5.74, 6) is 1.16. The number of nitriles is 1. The molecule has 1 aromatic heterocycles. The number of nitrogens with one attached hydrogen (secondary N) is 1. The summed E-state index contributed by atoms with van der Waals surface area (Å²) >= 11 is 3.52. The van der Waals surface area contributed by atoms with Gasteiger partial charge in [0.15, 0.2) is 11.5 Å². The molecule has 4 rings (SSSR count). The number of aromatic amines is 1. The summed E-state index contributed by atoms with van der Waals surface area (Å²) in [6.07, 6.45) is 1.73. The number of hydrogen-bond acceptors (Lipinski definition) is 4. The number of nitrogens with zero attached hydrogens (tertiary/aromatic N) is 2. The minimum atomic E-state index is -0.317. The van der Waals surface area contributed by atoms with Gasteiger partial charge in [0.1, 0.15) is 24.3 Å². The molecule has 0 radical (unpaired) electrons. The molecular formula is C25H19BrFN3O2. The van der Waals surface area contributed by atoms with E-state index in [-0.39, 0.29) is 12.4 Å². The number of methoxy groups -OCH3 is 1. The number of halogens is 2. The normalized spacial score (nSPS) is 11.4. The van der Waals surface area contributed by atoms with Crippen LogP contribution in [0.5, 0.6) is 11.5 Å². The van der Waals surface area contributed by atoms with Gasteiger partial charge in [0.2, 0.25) is 0 Å². The van der Waals surface area contributed by atoms with Crippen molar-refractivity contribution in [3.63, 3.8) is 0 Å². The second-order valence-corrected chi connectivity index (χ2v) is 8.08. The minimum Gasteiger partial charge on any atom is -0.493 e. The third kappa shape index (κ3) is 4.66. The van der Waals surface area contributed by atoms with Gasteiger partial charge >= 0.3 is 0 Å². The molecule has 4 aromatic rings. The lowest BCUT2D eigenvalue weighted by Gasteiger charge is -2.14. The molecular weight excluding hydrogens is 473 g/mol. The SMILES string of the molecule is COc1cc(/C=C(/C#N)c2nc3ccc(C)cc3[nH]2)cc(Br)c1OCc1cccc(F)c1. The van der Waals surface area contributed by atoms with Crippen LogP contribution in [-0.4, -0.2) is 17.1 Å². The highest BCUT2D eigenvalue weighted by Crippen LogP contribution is 2.38. The van der Waals surface area contributed by atoms with Crippen LogP contribution < -0.4 is 9.47 Å². The highest BCUT2D eigenvalue weighted by Gasteiger charge is 2.14. The molecule has 1 N–H and O–H groups in total. The lowest BCUT2D eigenvalue weighted by atomic mass is 10.1. The molecule has 0 aliphatic carbocycles. The molecule has 32 heavy (non-hydrogen) atoms. The van der Waals surface area contributed by atoms with Crippen LogP contribution in [-0.2, 0) is 6.61 Å². The third-order valence-electron chi connectivity index (χ3n) is 4.85. The molecule has 0 saturated carbocycles. The van der Waals surface area contributed by atoms with Gasteiger partial charge in [-0.15, -0.1) is 0 Å². The van der Waals surface area contributed by atoms with E-state index in [2.05, 4.69) is 32.0 Å². The Hall–Kier alpha value is -3.63. The first kappa shape index (κ1) is 21.6. The number of hydrogen-bond donors (Lipinski definition) is 1. The predicted molar refractivity (Wildman–Crippen MR) is 126 cm³/mol. The van der Waals surface area contributed by atoms with Gasteiger partial charge in [-0.1, -0.05) is 18.2 Å². The Morgan fingerprint density at radius 3 is 2.81 bits per heavy atom. The number of aromatic nitrogens is 2. The molecule has 0 unspecified atom stereocenters. The Balaban J connectivity index is 1.64. The molecule has 0 saturated heterocycles. The van der Waals surface area contributed by atoms with Gasteiger partial charge in [-0.25, -0.2) is 9.37 Å². The Labute approximate surface area is 193 Å². The monoisotopic (exact) mass is 491 g/mol. The van der Waals surface area contributed by atoms with Crippen molar-refractivity contribution in [3.05, 3.63) is 87.4 Å². The van der Waals surface area contributed by atoms with Crippen molar-refractivity contribution < 1.29 is 13.9 Å². The number of aryl methyl sites for hydroxylation is 1. The van der Waals surface area contributed by atoms with E-state index in [4.69, 9.17) is 9.47 Å². The molecule has 160 valence electrons. The van der Waals surface area contributed by atoms with Gasteiger partial charge in [0, 0.05) is 0 Å². The zero-order valence-electron chi connectivity index (χ0n) is 17.4. The topological polar surface area (TPSA) is 70.9 Å². The Morgan fingerprint density at radius 2 is 2.06 bits per heavy atom. The summed E-state index contributed by atoms with van der Waals surface area (Å²) < 4.78 is 25.4. The fraction of sp³-hybridized carbons (Fsp3) is 0.120. The summed E-state index contributed by atoms with van der Waals surface area (Å²) in [6, 6.07) is 17.9. The van der Waals surface area contributed by atoms with Gasteiger partial charge in [-0.3, -0.25) is 0 Å². The second kappa shape index (κ2) is 9.25. The van der Waals surface area contributed by atoms with Crippen LogP contribution in [0.25, 0.3) is 22.7 Å². The van der Waals surface area contributed by atoms with Crippen molar-refractivity contribution in [2.24, 2.45) is 0 Å². The summed E-state index contributed by atoms with van der Waals surface area (Å²) in [5.41, 5.74) is 4.61. The molecule has 1 heterocycles. The minimum absolute atomic E-state index is 0.184. The van der Waals surface area contributed by atoms with Crippen LogP contribution in [0.15, 0.2) is 59.1 Å². The maximum atomic E-state index is 13.4. The lowest BCUT2D eigenvalue weighted by molar-refractivity contribution is 0.282. The van der Waals surface area contributed by atoms with Crippen LogP contribution in [0.2, 0.25) is 0 Å². The molecule has 3 aromatic carbocycles. The lowest BCUT2D eigenvalue weighted by Crippen LogP contribution is -1.99. The molecule has 0 atom stereocenters. The molecule has 0 aliphatic rings. The van der Waals surface area contributed by atoms with Gasteiger partial charge in [0.25, 0.3) is 0 Å². The Kier molecular flexibility index (Phi) is 6.24. The van der Waals surface area contributed by atoms with Gasteiger partial charge < -0.3 is 14.5 Å². The van der Waals surface area contributed by atoms with E-state index in [0.29, 0.717) is 32.9 Å².